The molecule has 0 unspecified atom stereocenters. The minimum atomic E-state index is -0.0524. The summed E-state index contributed by atoms with van der Waals surface area (Å²) in [5, 5.41) is 18.9. The third kappa shape index (κ3) is 3.30. The highest BCUT2D eigenvalue weighted by atomic mass is 35.5. The maximum atomic E-state index is 9.64. The Morgan fingerprint density at radius 1 is 1.31 bits per heavy atom. The van der Waals surface area contributed by atoms with Crippen molar-refractivity contribution in [3.8, 4) is 0 Å². The van der Waals surface area contributed by atoms with Gasteiger partial charge in [-0.15, -0.1) is 0 Å². The van der Waals surface area contributed by atoms with E-state index in [1.807, 2.05) is 0 Å². The molecule has 5 heteroatoms. The number of aliphatic hydroxyl groups excluding tert-OH is 1. The van der Waals surface area contributed by atoms with E-state index in [1.54, 1.807) is 18.2 Å². The summed E-state index contributed by atoms with van der Waals surface area (Å²) in [4.78, 5) is 0. The molecule has 0 aliphatic rings. The van der Waals surface area contributed by atoms with Crippen molar-refractivity contribution in [2.24, 2.45) is 0 Å². The number of rotatable bonds is 3. The Kier molecular flexibility index (Phi) is 4.93. The second-order valence-corrected chi connectivity index (χ2v) is 4.00. The van der Waals surface area contributed by atoms with Crippen LogP contribution in [0.2, 0.25) is 10.0 Å². The summed E-state index contributed by atoms with van der Waals surface area (Å²) in [5.74, 6) is -0.0524. The standard InChI is InChI=1S/C11H9Cl2NOS/c12-9-2-1-7(3-10(9)13)4-11(15)8(5-14)6-16/h1-6,14-16H/b8-6-,11-4-,14-5?. The molecular weight excluding hydrogens is 265 g/mol. The molecule has 1 aromatic rings. The molecule has 0 fully saturated rings. The molecule has 16 heavy (non-hydrogen) atoms. The smallest absolute Gasteiger partial charge is 0.125 e. The molecule has 0 saturated heterocycles. The Bertz CT molecular complexity index is 469. The second-order valence-electron chi connectivity index (χ2n) is 2.93. The van der Waals surface area contributed by atoms with Gasteiger partial charge in [-0.2, -0.15) is 12.6 Å². The predicted molar refractivity (Wildman–Crippen MR) is 72.9 cm³/mol. The molecule has 0 atom stereocenters. The third-order valence-corrected chi connectivity index (χ3v) is 2.85. The molecule has 0 aromatic heterocycles. The van der Waals surface area contributed by atoms with E-state index in [-0.39, 0.29) is 5.76 Å². The predicted octanol–water partition coefficient (Wildman–Crippen LogP) is 4.36. The van der Waals surface area contributed by atoms with Crippen LogP contribution < -0.4 is 0 Å². The molecule has 0 saturated carbocycles. The Morgan fingerprint density at radius 3 is 2.50 bits per heavy atom. The van der Waals surface area contributed by atoms with Gasteiger partial charge >= 0.3 is 0 Å². The van der Waals surface area contributed by atoms with Crippen molar-refractivity contribution in [1.29, 1.82) is 5.41 Å². The van der Waals surface area contributed by atoms with Gasteiger partial charge in [0.1, 0.15) is 5.76 Å². The summed E-state index contributed by atoms with van der Waals surface area (Å²) in [6.07, 6.45) is 2.49. The lowest BCUT2D eigenvalue weighted by Gasteiger charge is -2.01. The number of nitrogens with one attached hydrogen (secondary N) is 1. The fourth-order valence-corrected chi connectivity index (χ4v) is 1.53. The molecule has 0 aliphatic heterocycles. The molecular formula is C11H9Cl2NOS. The number of allylic oxidation sites excluding steroid dienone is 1. The molecule has 0 radical (unpaired) electrons. The fraction of sp³-hybridized carbons (Fsp3) is 0. The lowest BCUT2D eigenvalue weighted by Crippen LogP contribution is -1.88. The van der Waals surface area contributed by atoms with E-state index in [0.29, 0.717) is 21.2 Å². The Hall–Kier alpha value is -0.900. The zero-order chi connectivity index (χ0) is 12.1. The van der Waals surface area contributed by atoms with Gasteiger partial charge in [-0.1, -0.05) is 29.3 Å². The molecule has 0 aliphatic carbocycles. The molecule has 84 valence electrons. The quantitative estimate of drug-likeness (QED) is 0.326. The van der Waals surface area contributed by atoms with E-state index < -0.39 is 0 Å². The van der Waals surface area contributed by atoms with Gasteiger partial charge in [0, 0.05) is 11.8 Å². The van der Waals surface area contributed by atoms with E-state index in [2.05, 4.69) is 12.6 Å². The summed E-state index contributed by atoms with van der Waals surface area (Å²) in [6.45, 7) is 0. The van der Waals surface area contributed by atoms with Crippen molar-refractivity contribution in [3.63, 3.8) is 0 Å². The zero-order valence-electron chi connectivity index (χ0n) is 8.11. The maximum absolute atomic E-state index is 9.64. The SMILES string of the molecule is N=CC(=C/S)/C(O)=C/c1ccc(Cl)c(Cl)c1. The molecule has 1 rings (SSSR count). The molecule has 2 nitrogen and oxygen atoms in total. The number of hydrogen-bond acceptors (Lipinski definition) is 3. The summed E-state index contributed by atoms with van der Waals surface area (Å²) in [5.41, 5.74) is 1.01. The van der Waals surface area contributed by atoms with E-state index in [1.165, 1.54) is 11.5 Å². The molecule has 0 amide bonds. The summed E-state index contributed by atoms with van der Waals surface area (Å²) < 4.78 is 0. The van der Waals surface area contributed by atoms with Crippen LogP contribution in [0.25, 0.3) is 6.08 Å². The minimum Gasteiger partial charge on any atom is -0.507 e. The average Bonchev–Trinajstić information content (AvgIpc) is 2.25. The Balaban J connectivity index is 3.07. The van der Waals surface area contributed by atoms with Crippen molar-refractivity contribution >= 4 is 48.1 Å². The van der Waals surface area contributed by atoms with Crippen LogP contribution in [-0.2, 0) is 0 Å². The molecule has 0 heterocycles. The molecule has 2 N–H and O–H groups in total. The van der Waals surface area contributed by atoms with Crippen LogP contribution in [-0.4, -0.2) is 11.3 Å². The van der Waals surface area contributed by atoms with Crippen molar-refractivity contribution in [2.45, 2.75) is 0 Å². The normalized spacial score (nSPS) is 12.7. The van der Waals surface area contributed by atoms with E-state index >= 15 is 0 Å². The van der Waals surface area contributed by atoms with Crippen LogP contribution in [0.15, 0.2) is 34.9 Å². The first-order chi connectivity index (χ1) is 7.58. The van der Waals surface area contributed by atoms with Crippen molar-refractivity contribution < 1.29 is 5.11 Å². The van der Waals surface area contributed by atoms with Gasteiger partial charge in [0.2, 0.25) is 0 Å². The summed E-state index contributed by atoms with van der Waals surface area (Å²) in [7, 11) is 0. The fourth-order valence-electron chi connectivity index (χ4n) is 1.02. The van der Waals surface area contributed by atoms with E-state index in [9.17, 15) is 5.11 Å². The molecule has 0 bridgehead atoms. The van der Waals surface area contributed by atoms with Crippen molar-refractivity contribution in [3.05, 3.63) is 50.5 Å². The average molecular weight is 274 g/mol. The van der Waals surface area contributed by atoms with Gasteiger partial charge in [0.25, 0.3) is 0 Å². The van der Waals surface area contributed by atoms with Crippen LogP contribution in [0.4, 0.5) is 0 Å². The zero-order valence-corrected chi connectivity index (χ0v) is 10.5. The van der Waals surface area contributed by atoms with Crippen LogP contribution in [0.1, 0.15) is 5.56 Å². The van der Waals surface area contributed by atoms with Crippen molar-refractivity contribution in [1.82, 2.24) is 0 Å². The van der Waals surface area contributed by atoms with Gasteiger partial charge in [0.05, 0.1) is 10.0 Å². The van der Waals surface area contributed by atoms with Gasteiger partial charge in [0.15, 0.2) is 0 Å². The first-order valence-electron chi connectivity index (χ1n) is 4.29. The summed E-state index contributed by atoms with van der Waals surface area (Å²) >= 11 is 15.5. The Morgan fingerprint density at radius 2 is 2.00 bits per heavy atom. The van der Waals surface area contributed by atoms with E-state index in [4.69, 9.17) is 28.6 Å². The van der Waals surface area contributed by atoms with Crippen molar-refractivity contribution in [2.75, 3.05) is 0 Å². The van der Waals surface area contributed by atoms with Gasteiger partial charge in [-0.25, -0.2) is 0 Å². The highest BCUT2D eigenvalue weighted by molar-refractivity contribution is 7.83. The number of halogens is 2. The Labute approximate surface area is 109 Å². The first-order valence-corrected chi connectivity index (χ1v) is 5.56. The lowest BCUT2D eigenvalue weighted by molar-refractivity contribution is 0.434. The lowest BCUT2D eigenvalue weighted by atomic mass is 10.1. The van der Waals surface area contributed by atoms with Gasteiger partial charge < -0.3 is 10.5 Å². The van der Waals surface area contributed by atoms with Crippen LogP contribution in [0, 0.1) is 5.41 Å². The molecule has 1 aromatic carbocycles. The van der Waals surface area contributed by atoms with Gasteiger partial charge in [-0.3, -0.25) is 0 Å². The van der Waals surface area contributed by atoms with Crippen LogP contribution in [0.3, 0.4) is 0 Å². The topological polar surface area (TPSA) is 44.1 Å². The van der Waals surface area contributed by atoms with E-state index in [0.717, 1.165) is 6.21 Å². The number of benzene rings is 1. The largest absolute Gasteiger partial charge is 0.507 e. The first kappa shape index (κ1) is 13.2. The highest BCUT2D eigenvalue weighted by Gasteiger charge is 2.01. The van der Waals surface area contributed by atoms with Crippen LogP contribution >= 0.6 is 35.8 Å². The summed E-state index contributed by atoms with van der Waals surface area (Å²) in [6, 6.07) is 4.97. The highest BCUT2D eigenvalue weighted by Crippen LogP contribution is 2.24. The number of thiol groups is 1. The van der Waals surface area contributed by atoms with Crippen LogP contribution in [0.5, 0.6) is 0 Å². The number of aliphatic hydroxyl groups is 1. The van der Waals surface area contributed by atoms with Gasteiger partial charge in [-0.05, 0) is 29.2 Å². The maximum Gasteiger partial charge on any atom is 0.125 e. The third-order valence-electron chi connectivity index (χ3n) is 1.84. The second kappa shape index (κ2) is 5.99. The monoisotopic (exact) mass is 273 g/mol. The number of hydrogen-bond donors (Lipinski definition) is 3. The molecule has 0 spiro atoms. The minimum absolute atomic E-state index is 0.0524.